The summed E-state index contributed by atoms with van der Waals surface area (Å²) in [5.41, 5.74) is -1.93. The quantitative estimate of drug-likeness (QED) is 0.566. The highest BCUT2D eigenvalue weighted by Crippen LogP contribution is 2.38. The Morgan fingerprint density at radius 1 is 0.960 bits per heavy atom. The molecule has 0 unspecified atom stereocenters. The Balaban J connectivity index is 2.78. The van der Waals surface area contributed by atoms with Gasteiger partial charge in [-0.1, -0.05) is 24.3 Å². The van der Waals surface area contributed by atoms with E-state index in [4.69, 9.17) is 4.84 Å². The number of sulfonamides is 1. The number of hydrogen-bond acceptors (Lipinski definition) is 7. The topological polar surface area (TPSA) is 133 Å². The molecule has 132 valence electrons. The molecule has 0 fully saturated rings. The third-order valence-corrected chi connectivity index (χ3v) is 4.99. The van der Waals surface area contributed by atoms with E-state index in [9.17, 15) is 28.6 Å². The Labute approximate surface area is 142 Å². The minimum Gasteiger partial charge on any atom is -0.262 e. The van der Waals surface area contributed by atoms with Crippen molar-refractivity contribution in [2.75, 3.05) is 11.6 Å². The van der Waals surface area contributed by atoms with Crippen molar-refractivity contribution in [2.24, 2.45) is 0 Å². The van der Waals surface area contributed by atoms with Crippen molar-refractivity contribution < 1.29 is 23.1 Å². The van der Waals surface area contributed by atoms with Gasteiger partial charge >= 0.3 is 11.4 Å². The summed E-state index contributed by atoms with van der Waals surface area (Å²) in [7, 11) is -3.52. The Hall–Kier alpha value is -3.05. The Kier molecular flexibility index (Phi) is 4.99. The standard InChI is InChI=1S/C14H13N3O7S/c1-10-8-9-12(14(16(20)21)13(10)15(18)19)25(22,23)17(24-2)11-6-4-3-5-7-11/h3-9H,1-2H3. The van der Waals surface area contributed by atoms with Gasteiger partial charge in [-0.25, -0.2) is 0 Å². The zero-order valence-electron chi connectivity index (χ0n) is 13.1. The molecule has 0 heterocycles. The Bertz CT molecular complexity index is 929. The van der Waals surface area contributed by atoms with Crippen molar-refractivity contribution >= 4 is 27.1 Å². The summed E-state index contributed by atoms with van der Waals surface area (Å²) in [4.78, 5) is 24.5. The number of rotatable bonds is 6. The van der Waals surface area contributed by atoms with Crippen molar-refractivity contribution in [3.63, 3.8) is 0 Å². The lowest BCUT2D eigenvalue weighted by Gasteiger charge is -2.21. The predicted octanol–water partition coefficient (Wildman–Crippen LogP) is 2.57. The summed E-state index contributed by atoms with van der Waals surface area (Å²) in [6.07, 6.45) is 0. The number of nitrogens with zero attached hydrogens (tertiary/aromatic N) is 3. The van der Waals surface area contributed by atoms with Gasteiger partial charge in [-0.2, -0.15) is 8.42 Å². The average molecular weight is 367 g/mol. The summed E-state index contributed by atoms with van der Waals surface area (Å²) >= 11 is 0. The zero-order chi connectivity index (χ0) is 18.8. The van der Waals surface area contributed by atoms with Crippen LogP contribution in [0, 0.1) is 27.2 Å². The zero-order valence-corrected chi connectivity index (χ0v) is 14.0. The van der Waals surface area contributed by atoms with Crippen molar-refractivity contribution in [1.29, 1.82) is 0 Å². The molecule has 0 amide bonds. The van der Waals surface area contributed by atoms with Crippen molar-refractivity contribution in [2.45, 2.75) is 11.8 Å². The van der Waals surface area contributed by atoms with Crippen LogP contribution in [0.1, 0.15) is 5.56 Å². The minimum absolute atomic E-state index is 0.0284. The number of hydrogen-bond donors (Lipinski definition) is 0. The van der Waals surface area contributed by atoms with Gasteiger partial charge in [0.2, 0.25) is 0 Å². The summed E-state index contributed by atoms with van der Waals surface area (Å²) in [6.45, 7) is 1.28. The fourth-order valence-electron chi connectivity index (χ4n) is 2.26. The van der Waals surface area contributed by atoms with Crippen molar-refractivity contribution in [1.82, 2.24) is 0 Å². The summed E-state index contributed by atoms with van der Waals surface area (Å²) in [5.74, 6) is 0. The normalized spacial score (nSPS) is 11.1. The van der Waals surface area contributed by atoms with E-state index in [1.807, 2.05) is 0 Å². The van der Waals surface area contributed by atoms with Crippen molar-refractivity contribution in [3.05, 3.63) is 68.3 Å². The van der Waals surface area contributed by atoms with Crippen LogP contribution >= 0.6 is 0 Å². The molecule has 0 radical (unpaired) electrons. The Morgan fingerprint density at radius 2 is 1.52 bits per heavy atom. The molecule has 2 rings (SSSR count). The summed E-state index contributed by atoms with van der Waals surface area (Å²) < 4.78 is 26.2. The summed E-state index contributed by atoms with van der Waals surface area (Å²) in [5, 5.41) is 22.6. The second kappa shape index (κ2) is 6.83. The minimum atomic E-state index is -4.59. The molecule has 0 aliphatic carbocycles. The molecule has 0 aliphatic heterocycles. The van der Waals surface area contributed by atoms with Crippen LogP contribution in [0.2, 0.25) is 0 Å². The lowest BCUT2D eigenvalue weighted by Crippen LogP contribution is -2.30. The fraction of sp³-hybridized carbons (Fsp3) is 0.143. The average Bonchev–Trinajstić information content (AvgIpc) is 2.55. The Morgan fingerprint density at radius 3 is 2.00 bits per heavy atom. The second-order valence-corrected chi connectivity index (χ2v) is 6.56. The number of para-hydroxylation sites is 1. The van der Waals surface area contributed by atoms with Crippen LogP contribution in [0.25, 0.3) is 0 Å². The number of nitro groups is 2. The molecule has 10 nitrogen and oxygen atoms in total. The third kappa shape index (κ3) is 3.27. The smallest absolute Gasteiger partial charge is 0.262 e. The first-order valence-corrected chi connectivity index (χ1v) is 8.22. The van der Waals surface area contributed by atoms with Gasteiger partial charge < -0.3 is 0 Å². The molecule has 0 N–H and O–H groups in total. The van der Waals surface area contributed by atoms with E-state index in [-0.39, 0.29) is 11.3 Å². The van der Waals surface area contributed by atoms with E-state index in [0.29, 0.717) is 4.47 Å². The second-order valence-electron chi connectivity index (χ2n) is 4.84. The lowest BCUT2D eigenvalue weighted by molar-refractivity contribution is -0.424. The highest BCUT2D eigenvalue weighted by Gasteiger charge is 2.40. The van der Waals surface area contributed by atoms with E-state index in [0.717, 1.165) is 19.2 Å². The number of benzene rings is 2. The van der Waals surface area contributed by atoms with Crippen LogP contribution in [0.5, 0.6) is 0 Å². The molecule has 25 heavy (non-hydrogen) atoms. The maximum Gasteiger partial charge on any atom is 0.366 e. The first-order chi connectivity index (χ1) is 11.7. The fourth-order valence-corrected chi connectivity index (χ4v) is 3.69. The first-order valence-electron chi connectivity index (χ1n) is 6.78. The monoisotopic (exact) mass is 367 g/mol. The van der Waals surface area contributed by atoms with Crippen LogP contribution in [-0.2, 0) is 14.9 Å². The highest BCUT2D eigenvalue weighted by molar-refractivity contribution is 7.92. The maximum absolute atomic E-state index is 12.8. The van der Waals surface area contributed by atoms with Gasteiger partial charge in [0.15, 0.2) is 4.90 Å². The predicted molar refractivity (Wildman–Crippen MR) is 87.6 cm³/mol. The van der Waals surface area contributed by atoms with E-state index < -0.39 is 36.1 Å². The van der Waals surface area contributed by atoms with E-state index in [2.05, 4.69) is 0 Å². The molecule has 0 spiro atoms. The van der Waals surface area contributed by atoms with Gasteiger partial charge in [0, 0.05) is 5.56 Å². The largest absolute Gasteiger partial charge is 0.366 e. The molecule has 11 heteroatoms. The first kappa shape index (κ1) is 18.3. The molecule has 0 saturated carbocycles. The van der Waals surface area contributed by atoms with Gasteiger partial charge in [-0.05, 0) is 25.1 Å². The van der Waals surface area contributed by atoms with Gasteiger partial charge in [0.1, 0.15) is 0 Å². The van der Waals surface area contributed by atoms with Gasteiger partial charge in [-0.15, -0.1) is 4.47 Å². The van der Waals surface area contributed by atoms with Gasteiger partial charge in [-0.3, -0.25) is 25.1 Å². The molecule has 0 atom stereocenters. The maximum atomic E-state index is 12.8. The van der Waals surface area contributed by atoms with E-state index >= 15 is 0 Å². The van der Waals surface area contributed by atoms with Crippen LogP contribution in [0.15, 0.2) is 47.4 Å². The van der Waals surface area contributed by atoms with Gasteiger partial charge in [0.05, 0.1) is 22.6 Å². The van der Waals surface area contributed by atoms with E-state index in [1.165, 1.54) is 19.1 Å². The number of aryl methyl sites for hydroxylation is 1. The molecule has 0 saturated heterocycles. The molecular weight excluding hydrogens is 354 g/mol. The van der Waals surface area contributed by atoms with Crippen LogP contribution in [-0.4, -0.2) is 25.4 Å². The lowest BCUT2D eigenvalue weighted by atomic mass is 10.2. The van der Waals surface area contributed by atoms with Crippen molar-refractivity contribution in [3.8, 4) is 0 Å². The van der Waals surface area contributed by atoms with Crippen LogP contribution in [0.4, 0.5) is 17.1 Å². The molecule has 0 aliphatic rings. The molecule has 2 aromatic rings. The van der Waals surface area contributed by atoms with E-state index in [1.54, 1.807) is 18.2 Å². The molecule has 0 bridgehead atoms. The van der Waals surface area contributed by atoms with Crippen LogP contribution in [0.3, 0.4) is 0 Å². The number of anilines is 1. The molecule has 2 aromatic carbocycles. The van der Waals surface area contributed by atoms with Crippen LogP contribution < -0.4 is 4.47 Å². The highest BCUT2D eigenvalue weighted by atomic mass is 32.2. The molecule has 0 aromatic heterocycles. The number of nitro benzene ring substituents is 2. The third-order valence-electron chi connectivity index (χ3n) is 3.31. The SMILES string of the molecule is CON(c1ccccc1)S(=O)(=O)c1ccc(C)c([N+](=O)[O-])c1[N+](=O)[O-]. The molecular formula is C14H13N3O7S. The summed E-state index contributed by atoms with van der Waals surface area (Å²) in [6, 6.07) is 9.64. The van der Waals surface area contributed by atoms with Gasteiger partial charge in [0.25, 0.3) is 10.0 Å².